The Morgan fingerprint density at radius 1 is 1.33 bits per heavy atom. The van der Waals surface area contributed by atoms with Crippen LogP contribution < -0.4 is 15.4 Å². The van der Waals surface area contributed by atoms with Crippen LogP contribution in [-0.2, 0) is 4.74 Å². The summed E-state index contributed by atoms with van der Waals surface area (Å²) in [5.41, 5.74) is -0.169. The summed E-state index contributed by atoms with van der Waals surface area (Å²) in [6.07, 6.45) is 1.02. The van der Waals surface area contributed by atoms with Gasteiger partial charge in [-0.3, -0.25) is 0 Å². The standard InChI is InChI=1S/C11H19N5O2/c1-7-11(2,5-6-18-7)16-9-13-8(12-3)14-10(15-9)17-4/h7H,5-6H2,1-4H3,(H2,12,13,14,15,16). The van der Waals surface area contributed by atoms with Crippen LogP contribution in [-0.4, -0.2) is 47.4 Å². The molecule has 0 radical (unpaired) electrons. The van der Waals surface area contributed by atoms with Crippen molar-refractivity contribution in [3.05, 3.63) is 0 Å². The number of nitrogens with zero attached hydrogens (tertiary/aromatic N) is 3. The number of ether oxygens (including phenoxy) is 2. The molecule has 1 fully saturated rings. The number of methoxy groups -OCH3 is 1. The van der Waals surface area contributed by atoms with Crippen LogP contribution in [0.3, 0.4) is 0 Å². The van der Waals surface area contributed by atoms with E-state index in [1.807, 2.05) is 6.92 Å². The van der Waals surface area contributed by atoms with Crippen molar-refractivity contribution >= 4 is 11.9 Å². The van der Waals surface area contributed by atoms with Gasteiger partial charge in [0.25, 0.3) is 0 Å². The molecule has 18 heavy (non-hydrogen) atoms. The first-order valence-electron chi connectivity index (χ1n) is 5.95. The van der Waals surface area contributed by atoms with E-state index in [1.165, 1.54) is 7.11 Å². The quantitative estimate of drug-likeness (QED) is 0.825. The minimum absolute atomic E-state index is 0.110. The van der Waals surface area contributed by atoms with Crippen LogP contribution in [0.4, 0.5) is 11.9 Å². The summed E-state index contributed by atoms with van der Waals surface area (Å²) in [5, 5.41) is 6.19. The van der Waals surface area contributed by atoms with Crippen molar-refractivity contribution < 1.29 is 9.47 Å². The first-order valence-corrected chi connectivity index (χ1v) is 5.95. The van der Waals surface area contributed by atoms with Crippen LogP contribution in [0, 0.1) is 0 Å². The minimum atomic E-state index is -0.169. The molecule has 2 atom stereocenters. The number of hydrogen-bond acceptors (Lipinski definition) is 7. The van der Waals surface area contributed by atoms with Gasteiger partial charge in [-0.1, -0.05) is 0 Å². The van der Waals surface area contributed by atoms with Crippen LogP contribution in [0.1, 0.15) is 20.3 Å². The molecule has 1 aromatic rings. The van der Waals surface area contributed by atoms with Gasteiger partial charge in [0.15, 0.2) is 0 Å². The van der Waals surface area contributed by atoms with Gasteiger partial charge in [0, 0.05) is 13.7 Å². The van der Waals surface area contributed by atoms with Crippen molar-refractivity contribution in [1.29, 1.82) is 0 Å². The third kappa shape index (κ3) is 2.45. The van der Waals surface area contributed by atoms with Gasteiger partial charge in [-0.2, -0.15) is 15.0 Å². The molecule has 0 aliphatic carbocycles. The lowest BCUT2D eigenvalue weighted by atomic mass is 9.95. The molecule has 1 aliphatic rings. The lowest BCUT2D eigenvalue weighted by Crippen LogP contribution is -2.41. The van der Waals surface area contributed by atoms with Gasteiger partial charge in [-0.15, -0.1) is 0 Å². The van der Waals surface area contributed by atoms with E-state index in [9.17, 15) is 0 Å². The van der Waals surface area contributed by atoms with Crippen LogP contribution >= 0.6 is 0 Å². The third-order valence-corrected chi connectivity index (χ3v) is 3.30. The Hall–Kier alpha value is -1.63. The molecule has 2 unspecified atom stereocenters. The zero-order valence-electron chi connectivity index (χ0n) is 11.1. The fourth-order valence-corrected chi connectivity index (χ4v) is 1.87. The summed E-state index contributed by atoms with van der Waals surface area (Å²) in [6, 6.07) is 0.284. The first kappa shape index (κ1) is 12.8. The number of rotatable bonds is 4. The molecule has 2 heterocycles. The molecule has 0 bridgehead atoms. The van der Waals surface area contributed by atoms with Gasteiger partial charge in [0.1, 0.15) is 0 Å². The molecule has 0 saturated carbocycles. The second kappa shape index (κ2) is 4.93. The third-order valence-electron chi connectivity index (χ3n) is 3.30. The molecule has 1 aliphatic heterocycles. The molecule has 1 saturated heterocycles. The highest BCUT2D eigenvalue weighted by Crippen LogP contribution is 2.28. The predicted octanol–water partition coefficient (Wildman–Crippen LogP) is 0.901. The molecule has 2 N–H and O–H groups in total. The van der Waals surface area contributed by atoms with Crippen LogP contribution in [0.15, 0.2) is 0 Å². The largest absolute Gasteiger partial charge is 0.467 e. The number of anilines is 2. The van der Waals surface area contributed by atoms with Crippen molar-refractivity contribution in [1.82, 2.24) is 15.0 Å². The molecule has 2 rings (SSSR count). The topological polar surface area (TPSA) is 81.2 Å². The van der Waals surface area contributed by atoms with Crippen molar-refractivity contribution in [3.63, 3.8) is 0 Å². The lowest BCUT2D eigenvalue weighted by molar-refractivity contribution is 0.105. The molecular weight excluding hydrogens is 234 g/mol. The summed E-state index contributed by atoms with van der Waals surface area (Å²) in [7, 11) is 3.28. The maximum atomic E-state index is 5.57. The number of aromatic nitrogens is 3. The smallest absolute Gasteiger partial charge is 0.322 e. The molecule has 0 aromatic carbocycles. The van der Waals surface area contributed by atoms with Gasteiger partial charge in [-0.25, -0.2) is 0 Å². The monoisotopic (exact) mass is 253 g/mol. The van der Waals surface area contributed by atoms with Gasteiger partial charge in [0.2, 0.25) is 11.9 Å². The van der Waals surface area contributed by atoms with E-state index in [0.29, 0.717) is 11.9 Å². The molecule has 7 heteroatoms. The Morgan fingerprint density at radius 2 is 2.06 bits per heavy atom. The van der Waals surface area contributed by atoms with E-state index in [1.54, 1.807) is 7.05 Å². The molecule has 0 spiro atoms. The Morgan fingerprint density at radius 3 is 2.61 bits per heavy atom. The SMILES string of the molecule is CNc1nc(NC2(C)CCOC2C)nc(OC)n1. The van der Waals surface area contributed by atoms with Crippen LogP contribution in [0.2, 0.25) is 0 Å². The maximum absolute atomic E-state index is 5.57. The predicted molar refractivity (Wildman–Crippen MR) is 68.0 cm³/mol. The Bertz CT molecular complexity index is 406. The summed E-state index contributed by atoms with van der Waals surface area (Å²) >= 11 is 0. The maximum Gasteiger partial charge on any atom is 0.322 e. The number of nitrogens with one attached hydrogen (secondary N) is 2. The van der Waals surface area contributed by atoms with Gasteiger partial charge < -0.3 is 20.1 Å². The normalized spacial score (nSPS) is 27.0. The van der Waals surface area contributed by atoms with Gasteiger partial charge >= 0.3 is 6.01 Å². The van der Waals surface area contributed by atoms with Crippen molar-refractivity contribution in [3.8, 4) is 6.01 Å². The van der Waals surface area contributed by atoms with Crippen LogP contribution in [0.5, 0.6) is 6.01 Å². The fraction of sp³-hybridized carbons (Fsp3) is 0.727. The van der Waals surface area contributed by atoms with Crippen molar-refractivity contribution in [2.45, 2.75) is 31.9 Å². The summed E-state index contributed by atoms with van der Waals surface area (Å²) in [4.78, 5) is 12.5. The fourth-order valence-electron chi connectivity index (χ4n) is 1.87. The zero-order valence-corrected chi connectivity index (χ0v) is 11.1. The Balaban J connectivity index is 2.22. The minimum Gasteiger partial charge on any atom is -0.467 e. The van der Waals surface area contributed by atoms with E-state index < -0.39 is 0 Å². The van der Waals surface area contributed by atoms with E-state index in [2.05, 4.69) is 32.5 Å². The van der Waals surface area contributed by atoms with E-state index in [-0.39, 0.29) is 17.7 Å². The average molecular weight is 253 g/mol. The Kier molecular flexibility index (Phi) is 3.51. The lowest BCUT2D eigenvalue weighted by Gasteiger charge is -2.28. The van der Waals surface area contributed by atoms with Crippen LogP contribution in [0.25, 0.3) is 0 Å². The highest BCUT2D eigenvalue weighted by atomic mass is 16.5. The summed E-state index contributed by atoms with van der Waals surface area (Å²) in [5.74, 6) is 0.963. The Labute approximate surface area is 106 Å². The zero-order chi connectivity index (χ0) is 13.2. The number of hydrogen-bond donors (Lipinski definition) is 2. The summed E-state index contributed by atoms with van der Waals surface area (Å²) < 4.78 is 10.6. The van der Waals surface area contributed by atoms with E-state index in [0.717, 1.165) is 13.0 Å². The second-order valence-electron chi connectivity index (χ2n) is 4.52. The second-order valence-corrected chi connectivity index (χ2v) is 4.52. The van der Waals surface area contributed by atoms with E-state index >= 15 is 0 Å². The molecule has 0 amide bonds. The summed E-state index contributed by atoms with van der Waals surface area (Å²) in [6.45, 7) is 4.88. The molecular formula is C11H19N5O2. The molecule has 100 valence electrons. The van der Waals surface area contributed by atoms with Gasteiger partial charge in [0.05, 0.1) is 18.8 Å². The van der Waals surface area contributed by atoms with Crippen molar-refractivity contribution in [2.24, 2.45) is 0 Å². The first-order chi connectivity index (χ1) is 8.57. The molecule has 1 aromatic heterocycles. The average Bonchev–Trinajstić information content (AvgIpc) is 2.68. The van der Waals surface area contributed by atoms with E-state index in [4.69, 9.17) is 9.47 Å². The van der Waals surface area contributed by atoms with Gasteiger partial charge in [-0.05, 0) is 20.3 Å². The van der Waals surface area contributed by atoms with Crippen molar-refractivity contribution in [2.75, 3.05) is 31.4 Å². The highest BCUT2D eigenvalue weighted by Gasteiger charge is 2.37. The highest BCUT2D eigenvalue weighted by molar-refractivity contribution is 5.38. The molecule has 7 nitrogen and oxygen atoms in total.